The molecule has 0 saturated carbocycles. The first-order chi connectivity index (χ1) is 11.8. The molecule has 2 aliphatic rings. The Morgan fingerprint density at radius 2 is 2.17 bits per heavy atom. The molecule has 6 heteroatoms. The Labute approximate surface area is 145 Å². The zero-order valence-corrected chi connectivity index (χ0v) is 14.4. The highest BCUT2D eigenvalue weighted by Gasteiger charge is 2.27. The zero-order valence-electron chi connectivity index (χ0n) is 13.6. The van der Waals surface area contributed by atoms with Crippen LogP contribution in [0.4, 0.5) is 0 Å². The van der Waals surface area contributed by atoms with Crippen LogP contribution in [0.15, 0.2) is 35.8 Å². The van der Waals surface area contributed by atoms with Gasteiger partial charge in [0, 0.05) is 37.8 Å². The minimum Gasteiger partial charge on any atom is -0.368 e. The Balaban J connectivity index is 1.36. The van der Waals surface area contributed by atoms with E-state index in [9.17, 15) is 4.79 Å². The van der Waals surface area contributed by atoms with Crippen LogP contribution in [0.2, 0.25) is 0 Å². The standard InChI is InChI=1S/C18H21N3O2S/c22-17(21-7-5-14-3-1-2-4-15(14)11-21)13-20-8-9-23-16(12-20)18-19-6-10-24-18/h1-4,6,10,16H,5,7-9,11-13H2. The highest BCUT2D eigenvalue weighted by atomic mass is 32.1. The van der Waals surface area contributed by atoms with Crippen LogP contribution in [0.1, 0.15) is 22.2 Å². The smallest absolute Gasteiger partial charge is 0.237 e. The third kappa shape index (κ3) is 3.36. The van der Waals surface area contributed by atoms with Gasteiger partial charge in [0.05, 0.1) is 13.2 Å². The monoisotopic (exact) mass is 343 g/mol. The van der Waals surface area contributed by atoms with E-state index in [0.717, 1.165) is 37.6 Å². The van der Waals surface area contributed by atoms with E-state index < -0.39 is 0 Å². The summed E-state index contributed by atoms with van der Waals surface area (Å²) in [5.41, 5.74) is 2.65. The molecule has 2 aromatic rings. The normalized spacial score (nSPS) is 21.5. The van der Waals surface area contributed by atoms with E-state index in [-0.39, 0.29) is 12.0 Å². The van der Waals surface area contributed by atoms with Gasteiger partial charge in [0.25, 0.3) is 0 Å². The summed E-state index contributed by atoms with van der Waals surface area (Å²) in [6.45, 7) is 4.21. The number of rotatable bonds is 3. The van der Waals surface area contributed by atoms with Crippen LogP contribution in [0, 0.1) is 0 Å². The lowest BCUT2D eigenvalue weighted by Gasteiger charge is -2.34. The number of ether oxygens (including phenoxy) is 1. The Kier molecular flexibility index (Phi) is 4.60. The number of aromatic nitrogens is 1. The summed E-state index contributed by atoms with van der Waals surface area (Å²) < 4.78 is 5.81. The van der Waals surface area contributed by atoms with Crippen molar-refractivity contribution in [3.8, 4) is 0 Å². The molecular weight excluding hydrogens is 322 g/mol. The number of hydrogen-bond donors (Lipinski definition) is 0. The molecule has 0 spiro atoms. The molecular formula is C18H21N3O2S. The summed E-state index contributed by atoms with van der Waals surface area (Å²) >= 11 is 1.61. The fraction of sp³-hybridized carbons (Fsp3) is 0.444. The number of carbonyl (C=O) groups is 1. The fourth-order valence-electron chi connectivity index (χ4n) is 3.39. The van der Waals surface area contributed by atoms with Gasteiger partial charge in [-0.25, -0.2) is 4.98 Å². The molecule has 24 heavy (non-hydrogen) atoms. The van der Waals surface area contributed by atoms with Crippen molar-refractivity contribution >= 4 is 17.2 Å². The quantitative estimate of drug-likeness (QED) is 0.856. The Morgan fingerprint density at radius 3 is 3.00 bits per heavy atom. The van der Waals surface area contributed by atoms with E-state index in [1.807, 2.05) is 16.3 Å². The number of nitrogens with zero attached hydrogens (tertiary/aromatic N) is 3. The molecule has 2 aliphatic heterocycles. The maximum absolute atomic E-state index is 12.7. The first-order valence-electron chi connectivity index (χ1n) is 8.37. The van der Waals surface area contributed by atoms with Crippen LogP contribution in [0.5, 0.6) is 0 Å². The second-order valence-corrected chi connectivity index (χ2v) is 7.23. The number of benzene rings is 1. The summed E-state index contributed by atoms with van der Waals surface area (Å²) in [6, 6.07) is 8.41. The highest BCUT2D eigenvalue weighted by Crippen LogP contribution is 2.24. The second kappa shape index (κ2) is 7.01. The van der Waals surface area contributed by atoms with Gasteiger partial charge in [-0.2, -0.15) is 0 Å². The Bertz CT molecular complexity index is 704. The molecule has 1 fully saturated rings. The minimum absolute atomic E-state index is 0.00590. The summed E-state index contributed by atoms with van der Waals surface area (Å²) in [7, 11) is 0. The van der Waals surface area contributed by atoms with Crippen LogP contribution < -0.4 is 0 Å². The molecule has 1 aromatic heterocycles. The summed E-state index contributed by atoms with van der Waals surface area (Å²) in [6.07, 6.45) is 2.75. The summed E-state index contributed by atoms with van der Waals surface area (Å²) in [4.78, 5) is 21.2. The zero-order chi connectivity index (χ0) is 16.4. The van der Waals surface area contributed by atoms with E-state index in [2.05, 4.69) is 28.1 Å². The average Bonchev–Trinajstić information content (AvgIpc) is 3.16. The van der Waals surface area contributed by atoms with E-state index >= 15 is 0 Å². The number of amides is 1. The average molecular weight is 343 g/mol. The van der Waals surface area contributed by atoms with Crippen molar-refractivity contribution < 1.29 is 9.53 Å². The van der Waals surface area contributed by atoms with Gasteiger partial charge in [-0.15, -0.1) is 11.3 Å². The van der Waals surface area contributed by atoms with Gasteiger partial charge in [0.1, 0.15) is 11.1 Å². The number of hydrogen-bond acceptors (Lipinski definition) is 5. The predicted molar refractivity (Wildman–Crippen MR) is 92.8 cm³/mol. The lowest BCUT2D eigenvalue weighted by Crippen LogP contribution is -2.46. The number of carbonyl (C=O) groups excluding carboxylic acids is 1. The molecule has 1 unspecified atom stereocenters. The molecule has 5 nitrogen and oxygen atoms in total. The highest BCUT2D eigenvalue weighted by molar-refractivity contribution is 7.09. The van der Waals surface area contributed by atoms with E-state index in [1.54, 1.807) is 17.5 Å². The van der Waals surface area contributed by atoms with Crippen LogP contribution in [-0.4, -0.2) is 53.5 Å². The summed E-state index contributed by atoms with van der Waals surface area (Å²) in [5.74, 6) is 0.212. The first-order valence-corrected chi connectivity index (χ1v) is 9.25. The van der Waals surface area contributed by atoms with Crippen molar-refractivity contribution in [2.75, 3.05) is 32.8 Å². The first kappa shape index (κ1) is 15.7. The molecule has 3 heterocycles. The predicted octanol–water partition coefficient (Wildman–Crippen LogP) is 2.10. The largest absolute Gasteiger partial charge is 0.368 e. The maximum atomic E-state index is 12.7. The molecule has 0 N–H and O–H groups in total. The van der Waals surface area contributed by atoms with Crippen molar-refractivity contribution in [3.05, 3.63) is 52.0 Å². The van der Waals surface area contributed by atoms with Crippen molar-refractivity contribution in [1.29, 1.82) is 0 Å². The maximum Gasteiger partial charge on any atom is 0.237 e. The van der Waals surface area contributed by atoms with Crippen LogP contribution in [-0.2, 0) is 22.5 Å². The molecule has 126 valence electrons. The van der Waals surface area contributed by atoms with Gasteiger partial charge in [0.2, 0.25) is 5.91 Å². The van der Waals surface area contributed by atoms with Gasteiger partial charge >= 0.3 is 0 Å². The van der Waals surface area contributed by atoms with Gasteiger partial charge in [-0.3, -0.25) is 9.69 Å². The molecule has 1 amide bonds. The summed E-state index contributed by atoms with van der Waals surface area (Å²) in [5, 5.41) is 2.97. The molecule has 0 aliphatic carbocycles. The van der Waals surface area contributed by atoms with Crippen LogP contribution >= 0.6 is 11.3 Å². The number of thiazole rings is 1. The van der Waals surface area contributed by atoms with Crippen molar-refractivity contribution in [3.63, 3.8) is 0 Å². The molecule has 0 radical (unpaired) electrons. The van der Waals surface area contributed by atoms with Crippen molar-refractivity contribution in [1.82, 2.24) is 14.8 Å². The Hall–Kier alpha value is -1.76. The van der Waals surface area contributed by atoms with Crippen LogP contribution in [0.25, 0.3) is 0 Å². The number of fused-ring (bicyclic) bond motifs is 1. The third-order valence-corrected chi connectivity index (χ3v) is 5.59. The van der Waals surface area contributed by atoms with Gasteiger partial charge in [0.15, 0.2) is 0 Å². The van der Waals surface area contributed by atoms with Gasteiger partial charge in [-0.1, -0.05) is 24.3 Å². The van der Waals surface area contributed by atoms with Gasteiger partial charge in [-0.05, 0) is 17.5 Å². The van der Waals surface area contributed by atoms with Crippen molar-refractivity contribution in [2.45, 2.75) is 19.1 Å². The second-order valence-electron chi connectivity index (χ2n) is 6.30. The van der Waals surface area contributed by atoms with E-state index in [1.165, 1.54) is 11.1 Å². The molecule has 4 rings (SSSR count). The van der Waals surface area contributed by atoms with Crippen molar-refractivity contribution in [2.24, 2.45) is 0 Å². The number of morpholine rings is 1. The lowest BCUT2D eigenvalue weighted by molar-refractivity contribution is -0.135. The SMILES string of the molecule is O=C(CN1CCOC(c2nccs2)C1)N1CCc2ccccc2C1. The molecule has 1 aromatic carbocycles. The lowest BCUT2D eigenvalue weighted by atomic mass is 10.00. The van der Waals surface area contributed by atoms with Gasteiger partial charge < -0.3 is 9.64 Å². The minimum atomic E-state index is -0.00590. The molecule has 0 bridgehead atoms. The molecule has 1 saturated heterocycles. The molecule has 1 atom stereocenters. The van der Waals surface area contributed by atoms with E-state index in [4.69, 9.17) is 4.74 Å². The van der Waals surface area contributed by atoms with E-state index in [0.29, 0.717) is 13.2 Å². The Morgan fingerprint density at radius 1 is 1.29 bits per heavy atom. The fourth-order valence-corrected chi connectivity index (χ4v) is 4.07. The topological polar surface area (TPSA) is 45.7 Å². The third-order valence-electron chi connectivity index (χ3n) is 4.72. The van der Waals surface area contributed by atoms with Crippen LogP contribution in [0.3, 0.4) is 0 Å².